The van der Waals surface area contributed by atoms with Gasteiger partial charge in [0.05, 0.1) is 12.4 Å². The molecule has 9 heteroatoms. The first kappa shape index (κ1) is 16.6. The van der Waals surface area contributed by atoms with E-state index >= 15 is 0 Å². The quantitative estimate of drug-likeness (QED) is 0.283. The first-order valence-corrected chi connectivity index (χ1v) is 6.62. The molecule has 0 saturated carbocycles. The Morgan fingerprint density at radius 1 is 0.750 bits per heavy atom. The SMILES string of the molecule is O=C(N/N=C\c1ccc(O)c(O)c1)N/N=C/c1ccc(O)c(O)c1. The number of phenolic OH excluding ortho intramolecular Hbond substituents is 4. The minimum atomic E-state index is -0.714. The third-order valence-electron chi connectivity index (χ3n) is 2.76. The van der Waals surface area contributed by atoms with Gasteiger partial charge in [0.1, 0.15) is 0 Å². The molecule has 0 aliphatic carbocycles. The van der Waals surface area contributed by atoms with Crippen LogP contribution in [-0.4, -0.2) is 38.9 Å². The van der Waals surface area contributed by atoms with Gasteiger partial charge in [-0.3, -0.25) is 0 Å². The lowest BCUT2D eigenvalue weighted by Crippen LogP contribution is -2.28. The molecule has 0 aromatic heterocycles. The van der Waals surface area contributed by atoms with E-state index in [0.717, 1.165) is 0 Å². The Morgan fingerprint density at radius 3 is 1.54 bits per heavy atom. The summed E-state index contributed by atoms with van der Waals surface area (Å²) in [5.41, 5.74) is 5.22. The molecule has 9 nitrogen and oxygen atoms in total. The van der Waals surface area contributed by atoms with Gasteiger partial charge in [0, 0.05) is 0 Å². The third-order valence-corrected chi connectivity index (χ3v) is 2.76. The van der Waals surface area contributed by atoms with Crippen molar-refractivity contribution in [1.82, 2.24) is 10.9 Å². The number of nitrogens with one attached hydrogen (secondary N) is 2. The minimum Gasteiger partial charge on any atom is -0.504 e. The van der Waals surface area contributed by atoms with E-state index in [0.29, 0.717) is 11.1 Å². The number of phenols is 4. The molecule has 0 heterocycles. The van der Waals surface area contributed by atoms with Crippen LogP contribution in [0.2, 0.25) is 0 Å². The molecule has 0 aliphatic heterocycles. The largest absolute Gasteiger partial charge is 0.504 e. The van der Waals surface area contributed by atoms with E-state index in [4.69, 9.17) is 10.2 Å². The first-order valence-electron chi connectivity index (χ1n) is 6.62. The lowest BCUT2D eigenvalue weighted by Gasteiger charge is -2.00. The number of nitrogens with zero attached hydrogens (tertiary/aromatic N) is 2. The van der Waals surface area contributed by atoms with Crippen molar-refractivity contribution >= 4 is 18.5 Å². The minimum absolute atomic E-state index is 0.257. The molecule has 2 rings (SSSR count). The summed E-state index contributed by atoms with van der Waals surface area (Å²) in [6, 6.07) is 7.39. The molecule has 2 aromatic carbocycles. The van der Waals surface area contributed by atoms with E-state index < -0.39 is 6.03 Å². The van der Waals surface area contributed by atoms with Crippen LogP contribution in [0, 0.1) is 0 Å². The van der Waals surface area contributed by atoms with Crippen molar-refractivity contribution in [1.29, 1.82) is 0 Å². The highest BCUT2D eigenvalue weighted by molar-refractivity contribution is 5.84. The summed E-state index contributed by atoms with van der Waals surface area (Å²) >= 11 is 0. The zero-order valence-electron chi connectivity index (χ0n) is 12.2. The predicted octanol–water partition coefficient (Wildman–Crippen LogP) is 1.18. The number of carbonyl (C=O) groups is 1. The van der Waals surface area contributed by atoms with Gasteiger partial charge in [-0.1, -0.05) is 0 Å². The van der Waals surface area contributed by atoms with Crippen LogP contribution in [-0.2, 0) is 0 Å². The zero-order chi connectivity index (χ0) is 17.5. The smallest absolute Gasteiger partial charge is 0.355 e. The Balaban J connectivity index is 1.84. The van der Waals surface area contributed by atoms with E-state index in [1.807, 2.05) is 0 Å². The van der Waals surface area contributed by atoms with Gasteiger partial charge >= 0.3 is 6.03 Å². The van der Waals surface area contributed by atoms with Crippen LogP contribution in [0.3, 0.4) is 0 Å². The number of amides is 2. The molecule has 2 amide bonds. The lowest BCUT2D eigenvalue weighted by atomic mass is 10.2. The van der Waals surface area contributed by atoms with Crippen molar-refractivity contribution in [3.05, 3.63) is 47.5 Å². The molecular weight excluding hydrogens is 316 g/mol. The molecule has 0 saturated heterocycles. The van der Waals surface area contributed by atoms with Gasteiger partial charge < -0.3 is 20.4 Å². The van der Waals surface area contributed by atoms with Crippen LogP contribution in [0.25, 0.3) is 0 Å². The van der Waals surface area contributed by atoms with Gasteiger partial charge in [0.25, 0.3) is 0 Å². The maximum Gasteiger partial charge on any atom is 0.355 e. The Morgan fingerprint density at radius 2 is 1.17 bits per heavy atom. The summed E-state index contributed by atoms with van der Waals surface area (Å²) < 4.78 is 0. The topological polar surface area (TPSA) is 147 Å². The molecule has 0 fully saturated rings. The van der Waals surface area contributed by atoms with E-state index in [1.165, 1.54) is 48.8 Å². The van der Waals surface area contributed by atoms with E-state index in [2.05, 4.69) is 21.1 Å². The van der Waals surface area contributed by atoms with Crippen molar-refractivity contribution in [2.75, 3.05) is 0 Å². The molecule has 2 aromatic rings. The van der Waals surface area contributed by atoms with Crippen molar-refractivity contribution in [3.63, 3.8) is 0 Å². The summed E-state index contributed by atoms with van der Waals surface area (Å²) in [6.45, 7) is 0. The van der Waals surface area contributed by atoms with Crippen LogP contribution < -0.4 is 10.9 Å². The molecule has 124 valence electrons. The summed E-state index contributed by atoms with van der Waals surface area (Å²) in [5.74, 6) is -1.12. The van der Waals surface area contributed by atoms with Gasteiger partial charge in [-0.2, -0.15) is 10.2 Å². The second kappa shape index (κ2) is 7.49. The van der Waals surface area contributed by atoms with Crippen molar-refractivity contribution in [3.8, 4) is 23.0 Å². The molecule has 0 spiro atoms. The molecule has 0 atom stereocenters. The summed E-state index contributed by atoms with van der Waals surface area (Å²) in [6.07, 6.45) is 2.53. The van der Waals surface area contributed by atoms with Crippen LogP contribution in [0.4, 0.5) is 4.79 Å². The molecule has 0 bridgehead atoms. The standard InChI is InChI=1S/C15H14N4O5/c20-11-3-1-9(5-13(11)22)7-16-18-15(24)19-17-8-10-2-4-12(21)14(23)6-10/h1-8,20-23H,(H2,18,19,24)/b16-7-,17-8+. The predicted molar refractivity (Wildman–Crippen MR) is 86.4 cm³/mol. The van der Waals surface area contributed by atoms with Crippen LogP contribution in [0.5, 0.6) is 23.0 Å². The van der Waals surface area contributed by atoms with Crippen molar-refractivity contribution < 1.29 is 25.2 Å². The number of hydrazone groups is 2. The normalized spacial score (nSPS) is 11.0. The number of hydrogen-bond acceptors (Lipinski definition) is 7. The van der Waals surface area contributed by atoms with E-state index in [-0.39, 0.29) is 23.0 Å². The van der Waals surface area contributed by atoms with Gasteiger partial charge in [0.15, 0.2) is 23.0 Å². The first-order chi connectivity index (χ1) is 11.5. The van der Waals surface area contributed by atoms with Crippen LogP contribution in [0.1, 0.15) is 11.1 Å². The fourth-order valence-corrected chi connectivity index (χ4v) is 1.60. The molecular formula is C15H14N4O5. The Bertz CT molecular complexity index is 739. The maximum atomic E-state index is 11.4. The Hall–Kier alpha value is -3.75. The molecule has 24 heavy (non-hydrogen) atoms. The van der Waals surface area contributed by atoms with Gasteiger partial charge in [0.2, 0.25) is 0 Å². The molecule has 0 radical (unpaired) electrons. The third kappa shape index (κ3) is 4.63. The Kier molecular flexibility index (Phi) is 5.19. The van der Waals surface area contributed by atoms with E-state index in [9.17, 15) is 15.0 Å². The average molecular weight is 330 g/mol. The number of carbonyl (C=O) groups excluding carboxylic acids is 1. The second-order valence-corrected chi connectivity index (χ2v) is 4.57. The van der Waals surface area contributed by atoms with E-state index in [1.54, 1.807) is 0 Å². The highest BCUT2D eigenvalue weighted by Gasteiger charge is 2.00. The summed E-state index contributed by atoms with van der Waals surface area (Å²) in [5, 5.41) is 44.2. The number of hydrogen-bond donors (Lipinski definition) is 6. The fourth-order valence-electron chi connectivity index (χ4n) is 1.60. The van der Waals surface area contributed by atoms with Gasteiger partial charge in [-0.05, 0) is 47.5 Å². The molecule has 6 N–H and O–H groups in total. The average Bonchev–Trinajstić information content (AvgIpc) is 2.54. The highest BCUT2D eigenvalue weighted by Crippen LogP contribution is 2.24. The number of urea groups is 1. The molecule has 0 unspecified atom stereocenters. The fraction of sp³-hybridized carbons (Fsp3) is 0. The lowest BCUT2D eigenvalue weighted by molar-refractivity contribution is 0.242. The van der Waals surface area contributed by atoms with Crippen molar-refractivity contribution in [2.24, 2.45) is 10.2 Å². The summed E-state index contributed by atoms with van der Waals surface area (Å²) in [7, 11) is 0. The van der Waals surface area contributed by atoms with Gasteiger partial charge in [-0.15, -0.1) is 0 Å². The van der Waals surface area contributed by atoms with Gasteiger partial charge in [-0.25, -0.2) is 15.6 Å². The van der Waals surface area contributed by atoms with Crippen LogP contribution in [0.15, 0.2) is 46.6 Å². The maximum absolute atomic E-state index is 11.4. The van der Waals surface area contributed by atoms with Crippen LogP contribution >= 0.6 is 0 Å². The monoisotopic (exact) mass is 330 g/mol. The van der Waals surface area contributed by atoms with Crippen molar-refractivity contribution in [2.45, 2.75) is 0 Å². The number of benzene rings is 2. The number of rotatable bonds is 4. The molecule has 0 aliphatic rings. The summed E-state index contributed by atoms with van der Waals surface area (Å²) in [4.78, 5) is 11.4. The highest BCUT2D eigenvalue weighted by atomic mass is 16.3. The number of aromatic hydroxyl groups is 4. The zero-order valence-corrected chi connectivity index (χ0v) is 12.2. The second-order valence-electron chi connectivity index (χ2n) is 4.57. The Labute approximate surface area is 136 Å².